The van der Waals surface area contributed by atoms with Crippen LogP contribution in [0.1, 0.15) is 31.9 Å². The van der Waals surface area contributed by atoms with E-state index >= 15 is 0 Å². The minimum absolute atomic E-state index is 0.516. The van der Waals surface area contributed by atoms with Crippen LogP contribution < -0.4 is 9.30 Å². The standard InChI is InChI=1S/C15H20N2O/c1-3-18-15-8-6-14(7-9-15)5-4-13(2)17-11-10-16-12-17/h6-13H,3-5H2,1-2H3/p+1. The molecule has 0 amide bonds. The van der Waals surface area contributed by atoms with Gasteiger partial charge in [-0.3, -0.25) is 4.98 Å². The lowest BCUT2D eigenvalue weighted by Crippen LogP contribution is -2.35. The van der Waals surface area contributed by atoms with Crippen molar-refractivity contribution >= 4 is 0 Å². The Morgan fingerprint density at radius 1 is 1.28 bits per heavy atom. The van der Waals surface area contributed by atoms with Crippen molar-refractivity contribution in [3.8, 4) is 5.75 Å². The third-order valence-electron chi connectivity index (χ3n) is 3.16. The maximum absolute atomic E-state index is 5.44. The largest absolute Gasteiger partial charge is 0.494 e. The lowest BCUT2D eigenvalue weighted by Gasteiger charge is -2.08. The highest BCUT2D eigenvalue weighted by Gasteiger charge is 2.08. The molecule has 0 bridgehead atoms. The van der Waals surface area contributed by atoms with E-state index in [1.165, 1.54) is 5.56 Å². The van der Waals surface area contributed by atoms with Crippen LogP contribution in [0.25, 0.3) is 0 Å². The Bertz CT molecular complexity index is 448. The summed E-state index contributed by atoms with van der Waals surface area (Å²) in [5, 5.41) is 0. The smallest absolute Gasteiger partial charge is 0.241 e. The Morgan fingerprint density at radius 3 is 2.67 bits per heavy atom. The number of aromatic nitrogens is 2. The molecule has 1 heterocycles. The fraction of sp³-hybridized carbons (Fsp3) is 0.400. The van der Waals surface area contributed by atoms with Gasteiger partial charge in [-0.2, -0.15) is 0 Å². The van der Waals surface area contributed by atoms with E-state index in [1.54, 1.807) is 0 Å². The van der Waals surface area contributed by atoms with Gasteiger partial charge in [0.25, 0.3) is 0 Å². The summed E-state index contributed by atoms with van der Waals surface area (Å²) >= 11 is 0. The van der Waals surface area contributed by atoms with Crippen LogP contribution in [0.3, 0.4) is 0 Å². The fourth-order valence-electron chi connectivity index (χ4n) is 2.02. The molecule has 3 nitrogen and oxygen atoms in total. The summed E-state index contributed by atoms with van der Waals surface area (Å²) < 4.78 is 7.64. The third-order valence-corrected chi connectivity index (χ3v) is 3.16. The minimum Gasteiger partial charge on any atom is -0.494 e. The van der Waals surface area contributed by atoms with Gasteiger partial charge in [0, 0.05) is 0 Å². The number of nitrogens with one attached hydrogen (secondary N) is 1. The van der Waals surface area contributed by atoms with Gasteiger partial charge in [0.15, 0.2) is 0 Å². The Morgan fingerprint density at radius 2 is 2.06 bits per heavy atom. The molecule has 0 aliphatic heterocycles. The summed E-state index contributed by atoms with van der Waals surface area (Å²) in [4.78, 5) is 3.08. The Hall–Kier alpha value is -1.77. The van der Waals surface area contributed by atoms with E-state index in [0.717, 1.165) is 25.2 Å². The molecule has 0 radical (unpaired) electrons. The second-order valence-corrected chi connectivity index (χ2v) is 4.52. The summed E-state index contributed by atoms with van der Waals surface area (Å²) in [6.07, 6.45) is 8.25. The topological polar surface area (TPSA) is 28.9 Å². The van der Waals surface area contributed by atoms with Crippen LogP contribution in [0.2, 0.25) is 0 Å². The molecule has 0 saturated heterocycles. The highest BCUT2D eigenvalue weighted by Crippen LogP contribution is 2.15. The van der Waals surface area contributed by atoms with Crippen LogP contribution in [0, 0.1) is 0 Å². The first-order chi connectivity index (χ1) is 8.79. The van der Waals surface area contributed by atoms with Crippen molar-refractivity contribution in [3.05, 3.63) is 48.5 Å². The van der Waals surface area contributed by atoms with Crippen molar-refractivity contribution in [2.75, 3.05) is 6.61 Å². The second-order valence-electron chi connectivity index (χ2n) is 4.52. The van der Waals surface area contributed by atoms with Gasteiger partial charge in [-0.15, -0.1) is 0 Å². The van der Waals surface area contributed by atoms with Crippen LogP contribution >= 0.6 is 0 Å². The normalized spacial score (nSPS) is 12.3. The zero-order valence-electron chi connectivity index (χ0n) is 11.1. The predicted molar refractivity (Wildman–Crippen MR) is 71.6 cm³/mol. The van der Waals surface area contributed by atoms with Crippen molar-refractivity contribution in [3.63, 3.8) is 0 Å². The molecule has 0 aliphatic rings. The molecule has 0 saturated carbocycles. The van der Waals surface area contributed by atoms with Crippen LogP contribution in [0.5, 0.6) is 5.75 Å². The third kappa shape index (κ3) is 3.36. The molecule has 3 heteroatoms. The summed E-state index contributed by atoms with van der Waals surface area (Å²) in [6, 6.07) is 8.92. The molecule has 1 aromatic carbocycles. The maximum Gasteiger partial charge on any atom is 0.241 e. The molecule has 0 fully saturated rings. The fourth-order valence-corrected chi connectivity index (χ4v) is 2.02. The van der Waals surface area contributed by atoms with Crippen molar-refractivity contribution in [2.24, 2.45) is 0 Å². The van der Waals surface area contributed by atoms with E-state index in [2.05, 4.69) is 34.8 Å². The summed E-state index contributed by atoms with van der Waals surface area (Å²) in [5.41, 5.74) is 1.36. The minimum atomic E-state index is 0.516. The molecule has 1 unspecified atom stereocenters. The monoisotopic (exact) mass is 245 g/mol. The Kier molecular flexibility index (Phi) is 4.40. The van der Waals surface area contributed by atoms with Crippen molar-refractivity contribution in [1.29, 1.82) is 0 Å². The predicted octanol–water partition coefficient (Wildman–Crippen LogP) is 2.89. The molecule has 18 heavy (non-hydrogen) atoms. The first-order valence-electron chi connectivity index (χ1n) is 6.55. The molecule has 1 atom stereocenters. The van der Waals surface area contributed by atoms with Crippen LogP contribution in [-0.2, 0) is 6.42 Å². The van der Waals surface area contributed by atoms with Crippen molar-refractivity contribution in [2.45, 2.75) is 32.7 Å². The number of nitrogens with zero attached hydrogens (tertiary/aromatic N) is 1. The van der Waals surface area contributed by atoms with Crippen LogP contribution in [-0.4, -0.2) is 11.6 Å². The van der Waals surface area contributed by atoms with Crippen molar-refractivity contribution < 1.29 is 9.30 Å². The summed E-state index contributed by atoms with van der Waals surface area (Å²) in [6.45, 7) is 4.96. The molecule has 0 aliphatic carbocycles. The average Bonchev–Trinajstić information content (AvgIpc) is 2.92. The van der Waals surface area contributed by atoms with E-state index in [1.807, 2.05) is 31.6 Å². The lowest BCUT2D eigenvalue weighted by molar-refractivity contribution is -0.719. The molecule has 2 rings (SSSR count). The zero-order chi connectivity index (χ0) is 12.8. The Labute approximate surface area is 108 Å². The summed E-state index contributed by atoms with van der Waals surface area (Å²) in [7, 11) is 0. The highest BCUT2D eigenvalue weighted by molar-refractivity contribution is 5.27. The van der Waals surface area contributed by atoms with Gasteiger partial charge in [-0.25, -0.2) is 4.57 Å². The van der Waals surface area contributed by atoms with E-state index in [-0.39, 0.29) is 0 Å². The van der Waals surface area contributed by atoms with Gasteiger partial charge in [0.05, 0.1) is 12.6 Å². The number of hydrogen-bond donors (Lipinski definition) is 1. The number of hydrogen-bond acceptors (Lipinski definition) is 1. The molecular formula is C15H21N2O+. The maximum atomic E-state index is 5.44. The van der Waals surface area contributed by atoms with E-state index < -0.39 is 0 Å². The molecule has 2 aromatic rings. The molecule has 1 aromatic heterocycles. The lowest BCUT2D eigenvalue weighted by atomic mass is 10.1. The number of ether oxygens (including phenoxy) is 1. The second kappa shape index (κ2) is 6.24. The van der Waals surface area contributed by atoms with E-state index in [4.69, 9.17) is 4.74 Å². The molecule has 1 N–H and O–H groups in total. The zero-order valence-corrected chi connectivity index (χ0v) is 11.1. The number of aryl methyl sites for hydroxylation is 1. The van der Waals surface area contributed by atoms with Crippen LogP contribution in [0.15, 0.2) is 43.0 Å². The Balaban J connectivity index is 1.86. The number of H-pyrrole nitrogens is 1. The molecular weight excluding hydrogens is 224 g/mol. The van der Waals surface area contributed by atoms with Crippen molar-refractivity contribution in [1.82, 2.24) is 4.98 Å². The van der Waals surface area contributed by atoms with Gasteiger partial charge in [-0.05, 0) is 44.4 Å². The number of benzene rings is 1. The van der Waals surface area contributed by atoms with Crippen LogP contribution in [0.4, 0.5) is 0 Å². The number of imidazole rings is 1. The first-order valence-corrected chi connectivity index (χ1v) is 6.55. The van der Waals surface area contributed by atoms with Gasteiger partial charge < -0.3 is 4.74 Å². The van der Waals surface area contributed by atoms with Gasteiger partial charge in [0.1, 0.15) is 18.1 Å². The average molecular weight is 245 g/mol. The molecule has 96 valence electrons. The SMILES string of the molecule is CCOc1ccc(CCC(C)[n+]2cc[nH]c2)cc1. The number of rotatable bonds is 6. The number of aromatic amines is 1. The van der Waals surface area contributed by atoms with Gasteiger partial charge in [0.2, 0.25) is 6.33 Å². The van der Waals surface area contributed by atoms with E-state index in [0.29, 0.717) is 6.04 Å². The summed E-state index contributed by atoms with van der Waals surface area (Å²) in [5.74, 6) is 0.953. The van der Waals surface area contributed by atoms with Gasteiger partial charge in [-0.1, -0.05) is 12.1 Å². The van der Waals surface area contributed by atoms with Gasteiger partial charge >= 0.3 is 0 Å². The first kappa shape index (κ1) is 12.7. The quantitative estimate of drug-likeness (QED) is 0.779. The van der Waals surface area contributed by atoms with E-state index in [9.17, 15) is 0 Å². The molecule has 0 spiro atoms. The highest BCUT2D eigenvalue weighted by atomic mass is 16.5.